The first-order valence-corrected chi connectivity index (χ1v) is 7.45. The average Bonchev–Trinajstić information content (AvgIpc) is 3.01. The zero-order chi connectivity index (χ0) is 14.5. The van der Waals surface area contributed by atoms with Crippen LogP contribution in [-0.4, -0.2) is 15.3 Å². The number of carbonyl (C=O) groups is 1. The molecule has 0 spiro atoms. The molecule has 0 aliphatic heterocycles. The first kappa shape index (κ1) is 13.6. The van der Waals surface area contributed by atoms with Crippen molar-refractivity contribution >= 4 is 17.5 Å². The monoisotopic (exact) mass is 294 g/mol. The largest absolute Gasteiger partial charge is 0.330 e. The van der Waals surface area contributed by atoms with Gasteiger partial charge < -0.3 is 4.57 Å². The molecule has 3 aromatic rings. The highest BCUT2D eigenvalue weighted by Crippen LogP contribution is 2.27. The summed E-state index contributed by atoms with van der Waals surface area (Å²) in [4.78, 5) is 18.4. The highest BCUT2D eigenvalue weighted by Gasteiger charge is 2.07. The number of hydrogen-bond donors (Lipinski definition) is 0. The zero-order valence-corrected chi connectivity index (χ0v) is 12.2. The van der Waals surface area contributed by atoms with E-state index >= 15 is 0 Å². The van der Waals surface area contributed by atoms with E-state index in [0.29, 0.717) is 6.54 Å². The van der Waals surface area contributed by atoms with E-state index in [-0.39, 0.29) is 5.78 Å². The van der Waals surface area contributed by atoms with Gasteiger partial charge >= 0.3 is 0 Å². The second kappa shape index (κ2) is 6.41. The molecule has 0 atom stereocenters. The molecule has 0 radical (unpaired) electrons. The van der Waals surface area contributed by atoms with Gasteiger partial charge in [-0.3, -0.25) is 4.79 Å². The summed E-state index contributed by atoms with van der Waals surface area (Å²) in [5.41, 5.74) is 0.727. The molecule has 0 bridgehead atoms. The second-order valence-corrected chi connectivity index (χ2v) is 5.75. The number of aromatic nitrogens is 2. The third kappa shape index (κ3) is 3.61. The van der Waals surface area contributed by atoms with Gasteiger partial charge in [0.1, 0.15) is 0 Å². The van der Waals surface area contributed by atoms with E-state index in [1.165, 1.54) is 0 Å². The van der Waals surface area contributed by atoms with Gasteiger partial charge in [-0.05, 0) is 24.3 Å². The molecule has 0 unspecified atom stereocenters. The quantitative estimate of drug-likeness (QED) is 0.669. The normalized spacial score (nSPS) is 10.5. The van der Waals surface area contributed by atoms with Crippen LogP contribution in [0.1, 0.15) is 10.4 Å². The summed E-state index contributed by atoms with van der Waals surface area (Å²) in [5.74, 6) is 0.0866. The molecule has 0 amide bonds. The van der Waals surface area contributed by atoms with E-state index in [2.05, 4.69) is 17.1 Å². The van der Waals surface area contributed by atoms with Crippen LogP contribution in [0.5, 0.6) is 0 Å². The summed E-state index contributed by atoms with van der Waals surface area (Å²) in [6.07, 6.45) is 5.12. The summed E-state index contributed by atoms with van der Waals surface area (Å²) in [6, 6.07) is 17.9. The molecule has 3 rings (SSSR count). The van der Waals surface area contributed by atoms with E-state index in [0.717, 1.165) is 15.4 Å². The molecule has 1 heterocycles. The van der Waals surface area contributed by atoms with Gasteiger partial charge in [0.25, 0.3) is 0 Å². The Morgan fingerprint density at radius 2 is 1.86 bits per heavy atom. The predicted octanol–water partition coefficient (Wildman–Crippen LogP) is 3.92. The Morgan fingerprint density at radius 3 is 2.62 bits per heavy atom. The average molecular weight is 294 g/mol. The topological polar surface area (TPSA) is 34.9 Å². The lowest BCUT2D eigenvalue weighted by Gasteiger charge is -2.05. The van der Waals surface area contributed by atoms with E-state index in [1.54, 1.807) is 35.0 Å². The molecular formula is C17H14N2OS. The van der Waals surface area contributed by atoms with Crippen molar-refractivity contribution in [3.05, 3.63) is 78.9 Å². The minimum Gasteiger partial charge on any atom is -0.330 e. The summed E-state index contributed by atoms with van der Waals surface area (Å²) in [6.45, 7) is 0.319. The summed E-state index contributed by atoms with van der Waals surface area (Å²) >= 11 is 1.66. The van der Waals surface area contributed by atoms with Crippen molar-refractivity contribution in [3.8, 4) is 0 Å². The van der Waals surface area contributed by atoms with Crippen molar-refractivity contribution < 1.29 is 4.79 Å². The van der Waals surface area contributed by atoms with Gasteiger partial charge in [0.05, 0.1) is 12.9 Å². The van der Waals surface area contributed by atoms with Crippen LogP contribution in [0.25, 0.3) is 0 Å². The van der Waals surface area contributed by atoms with Crippen LogP contribution >= 0.6 is 11.8 Å². The van der Waals surface area contributed by atoms with Gasteiger partial charge in [-0.1, -0.05) is 42.1 Å². The smallest absolute Gasteiger partial charge is 0.182 e. The molecule has 21 heavy (non-hydrogen) atoms. The van der Waals surface area contributed by atoms with E-state index < -0.39 is 0 Å². The summed E-state index contributed by atoms with van der Waals surface area (Å²) in [5, 5.41) is 0. The number of benzene rings is 2. The molecule has 0 saturated heterocycles. The van der Waals surface area contributed by atoms with Crippen LogP contribution in [0.3, 0.4) is 0 Å². The number of imidazole rings is 1. The van der Waals surface area contributed by atoms with Crippen LogP contribution in [-0.2, 0) is 6.54 Å². The minimum absolute atomic E-state index is 0.0866. The first-order valence-electron chi connectivity index (χ1n) is 6.63. The number of Topliss-reactive ketones (excluding diaryl/α,β-unsaturated/α-hetero) is 1. The number of hydrogen-bond acceptors (Lipinski definition) is 3. The maximum atomic E-state index is 12.3. The fourth-order valence-corrected chi connectivity index (χ4v) is 2.89. The molecule has 2 aromatic carbocycles. The molecule has 0 fully saturated rings. The Balaban J connectivity index is 1.75. The zero-order valence-electron chi connectivity index (χ0n) is 11.3. The third-order valence-corrected chi connectivity index (χ3v) is 4.02. The van der Waals surface area contributed by atoms with Crippen LogP contribution in [0, 0.1) is 0 Å². The van der Waals surface area contributed by atoms with Gasteiger partial charge in [0.15, 0.2) is 5.78 Å². The van der Waals surface area contributed by atoms with Crippen molar-refractivity contribution in [3.63, 3.8) is 0 Å². The third-order valence-electron chi connectivity index (χ3n) is 3.02. The van der Waals surface area contributed by atoms with Gasteiger partial charge in [0.2, 0.25) is 0 Å². The Kier molecular flexibility index (Phi) is 4.17. The number of nitrogens with zero attached hydrogens (tertiary/aromatic N) is 2. The van der Waals surface area contributed by atoms with Crippen LogP contribution in [0.4, 0.5) is 0 Å². The molecule has 0 aliphatic carbocycles. The van der Waals surface area contributed by atoms with Gasteiger partial charge in [-0.25, -0.2) is 4.98 Å². The SMILES string of the molecule is O=C(Cn1ccnc1)c1cccc(Sc2ccccc2)c1. The minimum atomic E-state index is 0.0866. The summed E-state index contributed by atoms with van der Waals surface area (Å²) in [7, 11) is 0. The lowest BCUT2D eigenvalue weighted by molar-refractivity contribution is 0.0972. The van der Waals surface area contributed by atoms with Gasteiger partial charge in [-0.15, -0.1) is 0 Å². The summed E-state index contributed by atoms with van der Waals surface area (Å²) < 4.78 is 1.78. The number of ketones is 1. The fourth-order valence-electron chi connectivity index (χ4n) is 2.00. The lowest BCUT2D eigenvalue weighted by atomic mass is 10.1. The van der Waals surface area contributed by atoms with Crippen molar-refractivity contribution in [1.29, 1.82) is 0 Å². The molecule has 0 N–H and O–H groups in total. The van der Waals surface area contributed by atoms with Crippen molar-refractivity contribution in [2.45, 2.75) is 16.3 Å². The maximum absolute atomic E-state index is 12.3. The molecule has 0 aliphatic rings. The Bertz CT molecular complexity index is 724. The molecular weight excluding hydrogens is 280 g/mol. The van der Waals surface area contributed by atoms with Crippen LogP contribution in [0.15, 0.2) is 83.1 Å². The van der Waals surface area contributed by atoms with E-state index in [4.69, 9.17) is 0 Å². The molecule has 0 saturated carbocycles. The van der Waals surface area contributed by atoms with Gasteiger partial charge in [0, 0.05) is 27.7 Å². The highest BCUT2D eigenvalue weighted by molar-refractivity contribution is 7.99. The molecule has 3 nitrogen and oxygen atoms in total. The van der Waals surface area contributed by atoms with Gasteiger partial charge in [-0.2, -0.15) is 0 Å². The maximum Gasteiger partial charge on any atom is 0.182 e. The Morgan fingerprint density at radius 1 is 1.05 bits per heavy atom. The van der Waals surface area contributed by atoms with Crippen molar-refractivity contribution in [2.24, 2.45) is 0 Å². The molecule has 104 valence electrons. The predicted molar refractivity (Wildman–Crippen MR) is 83.6 cm³/mol. The highest BCUT2D eigenvalue weighted by atomic mass is 32.2. The standard InChI is InChI=1S/C17H14N2OS/c20-17(12-19-10-9-18-13-19)14-5-4-8-16(11-14)21-15-6-2-1-3-7-15/h1-11,13H,12H2. The van der Waals surface area contributed by atoms with Crippen molar-refractivity contribution in [2.75, 3.05) is 0 Å². The van der Waals surface area contributed by atoms with Crippen LogP contribution in [0.2, 0.25) is 0 Å². The number of carbonyl (C=O) groups excluding carboxylic acids is 1. The molecule has 1 aromatic heterocycles. The lowest BCUT2D eigenvalue weighted by Crippen LogP contribution is -2.08. The fraction of sp³-hybridized carbons (Fsp3) is 0.0588. The second-order valence-electron chi connectivity index (χ2n) is 4.60. The molecule has 4 heteroatoms. The van der Waals surface area contributed by atoms with E-state index in [9.17, 15) is 4.79 Å². The number of rotatable bonds is 5. The van der Waals surface area contributed by atoms with Crippen molar-refractivity contribution in [1.82, 2.24) is 9.55 Å². The first-order chi connectivity index (χ1) is 10.3. The van der Waals surface area contributed by atoms with Crippen LogP contribution < -0.4 is 0 Å². The Hall–Kier alpha value is -2.33. The van der Waals surface area contributed by atoms with E-state index in [1.807, 2.05) is 42.5 Å². The Labute approximate surface area is 127 Å².